The smallest absolute Gasteiger partial charge is 0.167 e. The van der Waals surface area contributed by atoms with Gasteiger partial charge in [-0.2, -0.15) is 0 Å². The van der Waals surface area contributed by atoms with Crippen molar-refractivity contribution in [3.8, 4) is 0 Å². The van der Waals surface area contributed by atoms with Crippen LogP contribution in [0.1, 0.15) is 24.8 Å². The van der Waals surface area contributed by atoms with Crippen LogP contribution in [0.3, 0.4) is 0 Å². The first kappa shape index (κ1) is 13.6. The topological polar surface area (TPSA) is 37.4 Å². The molecule has 0 unspecified atom stereocenters. The van der Waals surface area contributed by atoms with Crippen molar-refractivity contribution in [2.75, 3.05) is 0 Å². The molecule has 1 aromatic rings. The molecule has 1 heterocycles. The molecule has 3 heteroatoms. The fourth-order valence-corrected chi connectivity index (χ4v) is 2.66. The van der Waals surface area contributed by atoms with Crippen molar-refractivity contribution in [1.29, 1.82) is 0 Å². The molecule has 21 heavy (non-hydrogen) atoms. The summed E-state index contributed by atoms with van der Waals surface area (Å²) in [6.07, 6.45) is 9.22. The Morgan fingerprint density at radius 1 is 0.905 bits per heavy atom. The van der Waals surface area contributed by atoms with Gasteiger partial charge in [-0.15, -0.1) is 0 Å². The van der Waals surface area contributed by atoms with E-state index in [0.717, 1.165) is 12.1 Å². The Morgan fingerprint density at radius 2 is 1.52 bits per heavy atom. The van der Waals surface area contributed by atoms with E-state index < -0.39 is 0 Å². The maximum absolute atomic E-state index is 11.9. The number of ketones is 2. The molecule has 3 rings (SSSR count). The predicted molar refractivity (Wildman–Crippen MR) is 81.2 cm³/mol. The van der Waals surface area contributed by atoms with Crippen LogP contribution in [0.4, 0.5) is 0 Å². The van der Waals surface area contributed by atoms with Gasteiger partial charge >= 0.3 is 0 Å². The van der Waals surface area contributed by atoms with E-state index in [1.807, 2.05) is 47.7 Å². The highest BCUT2D eigenvalue weighted by atomic mass is 16.1. The number of hydrogen-bond acceptors (Lipinski definition) is 3. The average Bonchev–Trinajstić information content (AvgIpc) is 2.50. The van der Waals surface area contributed by atoms with E-state index in [2.05, 4.69) is 12.1 Å². The first-order valence-corrected chi connectivity index (χ1v) is 7.21. The number of carbonyl (C=O) groups is 2. The Kier molecular flexibility index (Phi) is 3.82. The van der Waals surface area contributed by atoms with Crippen LogP contribution in [0, 0.1) is 0 Å². The van der Waals surface area contributed by atoms with E-state index in [0.29, 0.717) is 24.8 Å². The second-order valence-electron chi connectivity index (χ2n) is 5.32. The maximum Gasteiger partial charge on any atom is 0.167 e. The summed E-state index contributed by atoms with van der Waals surface area (Å²) in [6.45, 7) is 0.776. The molecule has 0 N–H and O–H groups in total. The molecule has 0 radical (unpaired) electrons. The minimum absolute atomic E-state index is 0.0212. The van der Waals surface area contributed by atoms with Gasteiger partial charge in [0.1, 0.15) is 0 Å². The zero-order valence-electron chi connectivity index (χ0n) is 11.8. The minimum Gasteiger partial charge on any atom is -0.350 e. The lowest BCUT2D eigenvalue weighted by Gasteiger charge is -2.21. The maximum atomic E-state index is 11.9. The first-order valence-electron chi connectivity index (χ1n) is 7.21. The largest absolute Gasteiger partial charge is 0.350 e. The Hall–Kier alpha value is -2.42. The summed E-state index contributed by atoms with van der Waals surface area (Å²) < 4.78 is 0. The lowest BCUT2D eigenvalue weighted by molar-refractivity contribution is -0.123. The van der Waals surface area contributed by atoms with Gasteiger partial charge in [0.2, 0.25) is 0 Å². The van der Waals surface area contributed by atoms with Gasteiger partial charge in [-0.3, -0.25) is 9.59 Å². The molecule has 0 saturated heterocycles. The summed E-state index contributed by atoms with van der Waals surface area (Å²) in [6, 6.07) is 10.2. The highest BCUT2D eigenvalue weighted by Crippen LogP contribution is 2.23. The molecule has 1 aliphatic carbocycles. The average molecular weight is 279 g/mol. The molecule has 2 aliphatic rings. The third kappa shape index (κ3) is 3.02. The molecule has 0 bridgehead atoms. The molecule has 0 atom stereocenters. The van der Waals surface area contributed by atoms with E-state index >= 15 is 0 Å². The van der Waals surface area contributed by atoms with Crippen molar-refractivity contribution >= 4 is 11.6 Å². The third-order valence-electron chi connectivity index (χ3n) is 3.75. The van der Waals surface area contributed by atoms with Gasteiger partial charge < -0.3 is 4.90 Å². The summed E-state index contributed by atoms with van der Waals surface area (Å²) in [7, 11) is 0. The van der Waals surface area contributed by atoms with Crippen molar-refractivity contribution in [1.82, 2.24) is 4.90 Å². The predicted octanol–water partition coefficient (Wildman–Crippen LogP) is 3.15. The summed E-state index contributed by atoms with van der Waals surface area (Å²) in [5.74, 6) is -0.0425. The molecular formula is C18H17NO2. The SMILES string of the molecule is O=C1CCCC(=O)C1=C1C=CN(Cc2ccccc2)C=C1. The molecule has 0 aromatic heterocycles. The highest BCUT2D eigenvalue weighted by Gasteiger charge is 2.25. The van der Waals surface area contributed by atoms with Crippen molar-refractivity contribution in [3.05, 3.63) is 71.6 Å². The van der Waals surface area contributed by atoms with Crippen molar-refractivity contribution in [3.63, 3.8) is 0 Å². The zero-order chi connectivity index (χ0) is 14.7. The molecular weight excluding hydrogens is 262 g/mol. The van der Waals surface area contributed by atoms with Gasteiger partial charge in [0.25, 0.3) is 0 Å². The molecule has 1 fully saturated rings. The number of carbonyl (C=O) groups excluding carboxylic acids is 2. The van der Waals surface area contributed by atoms with Crippen LogP contribution in [0.2, 0.25) is 0 Å². The summed E-state index contributed by atoms with van der Waals surface area (Å²) in [5, 5.41) is 0. The van der Waals surface area contributed by atoms with Crippen molar-refractivity contribution in [2.24, 2.45) is 0 Å². The molecule has 1 aliphatic heterocycles. The van der Waals surface area contributed by atoms with Gasteiger partial charge in [-0.1, -0.05) is 30.3 Å². The molecule has 3 nitrogen and oxygen atoms in total. The number of hydrogen-bond donors (Lipinski definition) is 0. The first-order chi connectivity index (χ1) is 10.2. The second-order valence-corrected chi connectivity index (χ2v) is 5.32. The van der Waals surface area contributed by atoms with Crippen LogP contribution in [0.25, 0.3) is 0 Å². The van der Waals surface area contributed by atoms with E-state index in [1.165, 1.54) is 5.56 Å². The number of Topliss-reactive ketones (excluding diaryl/α,β-unsaturated/α-hetero) is 2. The van der Waals surface area contributed by atoms with Crippen molar-refractivity contribution in [2.45, 2.75) is 25.8 Å². The third-order valence-corrected chi connectivity index (χ3v) is 3.75. The van der Waals surface area contributed by atoms with Crippen LogP contribution in [0.15, 0.2) is 66.0 Å². The van der Waals surface area contributed by atoms with Crippen molar-refractivity contribution < 1.29 is 9.59 Å². The van der Waals surface area contributed by atoms with Gasteiger partial charge in [-0.25, -0.2) is 0 Å². The van der Waals surface area contributed by atoms with Crippen LogP contribution in [-0.4, -0.2) is 16.5 Å². The van der Waals surface area contributed by atoms with Gasteiger partial charge in [0.15, 0.2) is 11.6 Å². The second kappa shape index (κ2) is 5.92. The van der Waals surface area contributed by atoms with Crippen LogP contribution in [0.5, 0.6) is 0 Å². The van der Waals surface area contributed by atoms with E-state index in [-0.39, 0.29) is 11.6 Å². The molecule has 0 amide bonds. The van der Waals surface area contributed by atoms with E-state index in [9.17, 15) is 9.59 Å². The standard InChI is InChI=1S/C18H17NO2/c20-16-7-4-8-17(21)18(16)15-9-11-19(12-10-15)13-14-5-2-1-3-6-14/h1-3,5-6,9-12H,4,7-8,13H2. The fraction of sp³-hybridized carbons (Fsp3) is 0.222. The van der Waals surface area contributed by atoms with Gasteiger partial charge in [0, 0.05) is 31.8 Å². The van der Waals surface area contributed by atoms with E-state index in [4.69, 9.17) is 0 Å². The molecule has 1 saturated carbocycles. The normalized spacial score (nSPS) is 18.6. The molecule has 0 spiro atoms. The Labute approximate surface area is 124 Å². The highest BCUT2D eigenvalue weighted by molar-refractivity contribution is 6.22. The Bertz CT molecular complexity index is 619. The molecule has 1 aromatic carbocycles. The summed E-state index contributed by atoms with van der Waals surface area (Å²) >= 11 is 0. The Balaban J connectivity index is 1.76. The van der Waals surface area contributed by atoms with Crippen LogP contribution < -0.4 is 0 Å². The zero-order valence-corrected chi connectivity index (χ0v) is 11.8. The number of rotatable bonds is 2. The van der Waals surface area contributed by atoms with Crippen LogP contribution in [-0.2, 0) is 16.1 Å². The van der Waals surface area contributed by atoms with Gasteiger partial charge in [-0.05, 0) is 29.7 Å². The minimum atomic E-state index is -0.0212. The number of allylic oxidation sites excluding steroid dienone is 4. The lowest BCUT2D eigenvalue weighted by Crippen LogP contribution is -2.21. The number of nitrogens with zero attached hydrogens (tertiary/aromatic N) is 1. The summed E-state index contributed by atoms with van der Waals surface area (Å²) in [4.78, 5) is 25.9. The monoisotopic (exact) mass is 279 g/mol. The number of benzene rings is 1. The lowest BCUT2D eigenvalue weighted by atomic mass is 9.88. The van der Waals surface area contributed by atoms with Gasteiger partial charge in [0.05, 0.1) is 5.57 Å². The quantitative estimate of drug-likeness (QED) is 0.616. The fourth-order valence-electron chi connectivity index (χ4n) is 2.66. The summed E-state index contributed by atoms with van der Waals surface area (Å²) in [5.41, 5.74) is 2.34. The Morgan fingerprint density at radius 3 is 2.14 bits per heavy atom. The van der Waals surface area contributed by atoms with Crippen LogP contribution >= 0.6 is 0 Å². The van der Waals surface area contributed by atoms with E-state index in [1.54, 1.807) is 0 Å². The molecule has 106 valence electrons.